The van der Waals surface area contributed by atoms with Gasteiger partial charge in [-0.2, -0.15) is 0 Å². The normalized spacial score (nSPS) is 10.2. The lowest BCUT2D eigenvalue weighted by Gasteiger charge is -2.23. The molecule has 1 amide bonds. The van der Waals surface area contributed by atoms with Crippen molar-refractivity contribution in [2.24, 2.45) is 5.73 Å². The van der Waals surface area contributed by atoms with E-state index in [1.165, 1.54) is 0 Å². The highest BCUT2D eigenvalue weighted by Crippen LogP contribution is 2.32. The third kappa shape index (κ3) is 2.52. The fraction of sp³-hybridized carbons (Fsp3) is 0.133. The smallest absolute Gasteiger partial charge is 0.250 e. The molecule has 0 aliphatic rings. The zero-order chi connectivity index (χ0) is 14.0. The summed E-state index contributed by atoms with van der Waals surface area (Å²) in [6.07, 6.45) is 0. The average molecular weight is 255 g/mol. The highest BCUT2D eigenvalue weighted by Gasteiger charge is 2.16. The maximum atomic E-state index is 11.5. The van der Waals surface area contributed by atoms with Gasteiger partial charge in [-0.25, -0.2) is 0 Å². The number of hydrogen-bond donors (Lipinski definition) is 2. The Morgan fingerprint density at radius 1 is 1.16 bits per heavy atom. The Labute approximate surface area is 112 Å². The number of hydrogen-bond acceptors (Lipinski definition) is 3. The number of nitrogen functional groups attached to an aromatic ring is 1. The molecule has 0 unspecified atom stereocenters. The second-order valence-electron chi connectivity index (χ2n) is 4.51. The minimum absolute atomic E-state index is 0.420. The Hall–Kier alpha value is -2.49. The fourth-order valence-electron chi connectivity index (χ4n) is 2.10. The molecule has 0 aliphatic carbocycles. The summed E-state index contributed by atoms with van der Waals surface area (Å²) in [6.45, 7) is 2.01. The molecule has 2 rings (SSSR count). The molecule has 0 radical (unpaired) electrons. The van der Waals surface area contributed by atoms with Crippen molar-refractivity contribution >= 4 is 23.0 Å². The third-order valence-electron chi connectivity index (χ3n) is 3.06. The minimum Gasteiger partial charge on any atom is -0.397 e. The molecule has 4 nitrogen and oxygen atoms in total. The van der Waals surface area contributed by atoms with Crippen molar-refractivity contribution in [1.29, 1.82) is 0 Å². The fourth-order valence-corrected chi connectivity index (χ4v) is 2.10. The Bertz CT molecular complexity index is 623. The first-order chi connectivity index (χ1) is 9.00. The molecule has 0 spiro atoms. The van der Waals surface area contributed by atoms with Gasteiger partial charge in [0.2, 0.25) is 0 Å². The predicted octanol–water partition coefficient (Wildman–Crippen LogP) is 2.44. The van der Waals surface area contributed by atoms with Crippen molar-refractivity contribution < 1.29 is 4.79 Å². The maximum absolute atomic E-state index is 11.5. The summed E-state index contributed by atoms with van der Waals surface area (Å²) in [6, 6.07) is 13.1. The van der Waals surface area contributed by atoms with Gasteiger partial charge in [0, 0.05) is 12.7 Å². The lowest BCUT2D eigenvalue weighted by Crippen LogP contribution is -2.20. The van der Waals surface area contributed by atoms with Crippen LogP contribution in [0.25, 0.3) is 0 Å². The quantitative estimate of drug-likeness (QED) is 0.827. The molecule has 2 aromatic carbocycles. The van der Waals surface area contributed by atoms with Crippen molar-refractivity contribution in [3.05, 3.63) is 53.6 Å². The van der Waals surface area contributed by atoms with Crippen LogP contribution in [0.2, 0.25) is 0 Å². The molecule has 0 fully saturated rings. The second kappa shape index (κ2) is 5.02. The van der Waals surface area contributed by atoms with E-state index >= 15 is 0 Å². The number of carbonyl (C=O) groups is 1. The molecule has 0 heterocycles. The number of amides is 1. The largest absolute Gasteiger partial charge is 0.397 e. The molecule has 2 aromatic rings. The van der Waals surface area contributed by atoms with Gasteiger partial charge in [0.1, 0.15) is 0 Å². The van der Waals surface area contributed by atoms with Gasteiger partial charge in [-0.15, -0.1) is 0 Å². The average Bonchev–Trinajstić information content (AvgIpc) is 2.37. The first-order valence-corrected chi connectivity index (χ1v) is 5.99. The predicted molar refractivity (Wildman–Crippen MR) is 78.6 cm³/mol. The highest BCUT2D eigenvalue weighted by atomic mass is 16.1. The first-order valence-electron chi connectivity index (χ1n) is 5.99. The van der Waals surface area contributed by atoms with Gasteiger partial charge in [-0.1, -0.05) is 18.2 Å². The van der Waals surface area contributed by atoms with Crippen LogP contribution in [0.4, 0.5) is 17.1 Å². The molecule has 98 valence electrons. The zero-order valence-corrected chi connectivity index (χ0v) is 11.1. The molecule has 0 aromatic heterocycles. The zero-order valence-electron chi connectivity index (χ0n) is 11.1. The molecule has 19 heavy (non-hydrogen) atoms. The highest BCUT2D eigenvalue weighted by molar-refractivity contribution is 6.02. The van der Waals surface area contributed by atoms with Crippen LogP contribution in [0.3, 0.4) is 0 Å². The summed E-state index contributed by atoms with van der Waals surface area (Å²) in [4.78, 5) is 13.4. The number of nitrogens with two attached hydrogens (primary N) is 2. The van der Waals surface area contributed by atoms with Gasteiger partial charge in [0.15, 0.2) is 0 Å². The van der Waals surface area contributed by atoms with Crippen LogP contribution in [0.15, 0.2) is 42.5 Å². The van der Waals surface area contributed by atoms with E-state index in [2.05, 4.69) is 0 Å². The van der Waals surface area contributed by atoms with Crippen LogP contribution in [-0.2, 0) is 0 Å². The lowest BCUT2D eigenvalue weighted by atomic mass is 10.1. The van der Waals surface area contributed by atoms with Gasteiger partial charge in [-0.05, 0) is 36.8 Å². The summed E-state index contributed by atoms with van der Waals surface area (Å²) in [7, 11) is 1.87. The standard InChI is InChI=1S/C15H17N3O/c1-10-5-3-6-11(9-10)18(2)14-12(15(17)19)7-4-8-13(14)16/h3-9H,16H2,1-2H3,(H2,17,19). The Morgan fingerprint density at radius 2 is 1.84 bits per heavy atom. The molecule has 0 saturated heterocycles. The van der Waals surface area contributed by atoms with E-state index in [0.29, 0.717) is 16.9 Å². The number of primary amides is 1. The molecule has 0 bridgehead atoms. The first kappa shape index (κ1) is 13.0. The number of carbonyl (C=O) groups excluding carboxylic acids is 1. The Balaban J connectivity index is 2.55. The number of aryl methyl sites for hydroxylation is 1. The van der Waals surface area contributed by atoms with Gasteiger partial charge in [0.25, 0.3) is 5.91 Å². The topological polar surface area (TPSA) is 72.3 Å². The van der Waals surface area contributed by atoms with Crippen LogP contribution in [0.5, 0.6) is 0 Å². The van der Waals surface area contributed by atoms with E-state index in [-0.39, 0.29) is 0 Å². The number of anilines is 3. The van der Waals surface area contributed by atoms with Crippen LogP contribution in [-0.4, -0.2) is 13.0 Å². The SMILES string of the molecule is Cc1cccc(N(C)c2c(N)cccc2C(N)=O)c1. The van der Waals surface area contributed by atoms with E-state index < -0.39 is 5.91 Å². The van der Waals surface area contributed by atoms with Crippen molar-refractivity contribution in [1.82, 2.24) is 0 Å². The molecule has 4 N–H and O–H groups in total. The van der Waals surface area contributed by atoms with Crippen LogP contribution in [0, 0.1) is 6.92 Å². The lowest BCUT2D eigenvalue weighted by molar-refractivity contribution is 0.100. The summed E-state index contributed by atoms with van der Waals surface area (Å²) < 4.78 is 0. The Kier molecular flexibility index (Phi) is 3.42. The van der Waals surface area contributed by atoms with Crippen molar-refractivity contribution in [3.8, 4) is 0 Å². The molecule has 0 aliphatic heterocycles. The molecular weight excluding hydrogens is 238 g/mol. The van der Waals surface area contributed by atoms with E-state index in [1.54, 1.807) is 18.2 Å². The van der Waals surface area contributed by atoms with Crippen LogP contribution in [0.1, 0.15) is 15.9 Å². The number of nitrogens with zero attached hydrogens (tertiary/aromatic N) is 1. The van der Waals surface area contributed by atoms with E-state index in [4.69, 9.17) is 11.5 Å². The van der Waals surface area contributed by atoms with E-state index in [9.17, 15) is 4.79 Å². The molecule has 4 heteroatoms. The summed E-state index contributed by atoms with van der Waals surface area (Å²) in [5.41, 5.74) is 15.1. The van der Waals surface area contributed by atoms with Crippen LogP contribution >= 0.6 is 0 Å². The van der Waals surface area contributed by atoms with Crippen molar-refractivity contribution in [3.63, 3.8) is 0 Å². The molecule has 0 atom stereocenters. The summed E-state index contributed by atoms with van der Waals surface area (Å²) in [5, 5.41) is 0. The van der Waals surface area contributed by atoms with Crippen LogP contribution < -0.4 is 16.4 Å². The number of para-hydroxylation sites is 1. The molecule has 0 saturated carbocycles. The second-order valence-corrected chi connectivity index (χ2v) is 4.51. The number of benzene rings is 2. The number of rotatable bonds is 3. The third-order valence-corrected chi connectivity index (χ3v) is 3.06. The monoisotopic (exact) mass is 255 g/mol. The van der Waals surface area contributed by atoms with Gasteiger partial charge in [-0.3, -0.25) is 4.79 Å². The van der Waals surface area contributed by atoms with Gasteiger partial charge < -0.3 is 16.4 Å². The van der Waals surface area contributed by atoms with E-state index in [0.717, 1.165) is 11.3 Å². The summed E-state index contributed by atoms with van der Waals surface area (Å²) >= 11 is 0. The van der Waals surface area contributed by atoms with Gasteiger partial charge >= 0.3 is 0 Å². The van der Waals surface area contributed by atoms with E-state index in [1.807, 2.05) is 43.1 Å². The van der Waals surface area contributed by atoms with Gasteiger partial charge in [0.05, 0.1) is 16.9 Å². The maximum Gasteiger partial charge on any atom is 0.250 e. The Morgan fingerprint density at radius 3 is 2.47 bits per heavy atom. The minimum atomic E-state index is -0.484. The molecular formula is C15H17N3O. The van der Waals surface area contributed by atoms with Crippen molar-refractivity contribution in [2.75, 3.05) is 17.7 Å². The summed E-state index contributed by atoms with van der Waals surface area (Å²) in [5.74, 6) is -0.484. The van der Waals surface area contributed by atoms with Crippen molar-refractivity contribution in [2.45, 2.75) is 6.92 Å².